The number of hydrogen-bond donors (Lipinski definition) is 1. The minimum atomic E-state index is -0.161. The van der Waals surface area contributed by atoms with Crippen molar-refractivity contribution in [2.45, 2.75) is 13.0 Å². The summed E-state index contributed by atoms with van der Waals surface area (Å²) in [5.41, 5.74) is 2.44. The van der Waals surface area contributed by atoms with E-state index in [0.717, 1.165) is 15.7 Å². The van der Waals surface area contributed by atoms with E-state index in [9.17, 15) is 4.79 Å². The lowest BCUT2D eigenvalue weighted by molar-refractivity contribution is 0.0939. The van der Waals surface area contributed by atoms with Crippen LogP contribution in [0.15, 0.2) is 59.9 Å². The van der Waals surface area contributed by atoms with E-state index in [2.05, 4.69) is 36.3 Å². The van der Waals surface area contributed by atoms with Crippen LogP contribution in [0.4, 0.5) is 0 Å². The number of halogens is 1. The van der Waals surface area contributed by atoms with E-state index in [1.807, 2.05) is 31.2 Å². The summed E-state index contributed by atoms with van der Waals surface area (Å²) >= 11 is 3.31. The minimum absolute atomic E-state index is 0.119. The Bertz CT molecular complexity index is 802. The molecule has 0 unspecified atom stereocenters. The molecular formula is C16H14BrN5O. The molecule has 2 aromatic heterocycles. The van der Waals surface area contributed by atoms with Gasteiger partial charge in [-0.2, -0.15) is 5.10 Å². The number of nitrogens with one attached hydrogen (secondary N) is 1. The fraction of sp³-hybridized carbons (Fsp3) is 0.125. The Hall–Kier alpha value is -2.54. The summed E-state index contributed by atoms with van der Waals surface area (Å²) in [4.78, 5) is 20.2. The van der Waals surface area contributed by atoms with Gasteiger partial charge < -0.3 is 5.32 Å². The Balaban J connectivity index is 1.70. The Morgan fingerprint density at radius 2 is 2.00 bits per heavy atom. The van der Waals surface area contributed by atoms with Crippen LogP contribution in [0.3, 0.4) is 0 Å². The number of nitrogens with zero attached hydrogens (tertiary/aromatic N) is 4. The summed E-state index contributed by atoms with van der Waals surface area (Å²) in [6.45, 7) is 1.94. The van der Waals surface area contributed by atoms with Gasteiger partial charge in [-0.15, -0.1) is 0 Å². The van der Waals surface area contributed by atoms with Crippen LogP contribution < -0.4 is 5.32 Å². The molecule has 1 atom stereocenters. The first-order valence-corrected chi connectivity index (χ1v) is 7.79. The zero-order valence-corrected chi connectivity index (χ0v) is 13.9. The first-order chi connectivity index (χ1) is 11.1. The topological polar surface area (TPSA) is 72.7 Å². The maximum atomic E-state index is 12.2. The predicted molar refractivity (Wildman–Crippen MR) is 89.2 cm³/mol. The van der Waals surface area contributed by atoms with E-state index >= 15 is 0 Å². The lowest BCUT2D eigenvalue weighted by Gasteiger charge is -2.15. The van der Waals surface area contributed by atoms with Gasteiger partial charge in [-0.25, -0.2) is 9.67 Å². The predicted octanol–water partition coefficient (Wildman–Crippen LogP) is 2.92. The minimum Gasteiger partial charge on any atom is -0.345 e. The third-order valence-corrected chi connectivity index (χ3v) is 3.82. The summed E-state index contributed by atoms with van der Waals surface area (Å²) in [5, 5.41) is 7.04. The lowest BCUT2D eigenvalue weighted by Crippen LogP contribution is -2.26. The highest BCUT2D eigenvalue weighted by Crippen LogP contribution is 2.16. The van der Waals surface area contributed by atoms with E-state index in [1.54, 1.807) is 29.5 Å². The molecule has 3 rings (SSSR count). The van der Waals surface area contributed by atoms with E-state index < -0.39 is 0 Å². The molecule has 1 aromatic carbocycles. The van der Waals surface area contributed by atoms with Crippen molar-refractivity contribution in [2.24, 2.45) is 0 Å². The molecule has 116 valence electrons. The highest BCUT2D eigenvalue weighted by molar-refractivity contribution is 9.10. The number of aromatic nitrogens is 4. The normalized spacial score (nSPS) is 11.9. The molecule has 23 heavy (non-hydrogen) atoms. The first-order valence-electron chi connectivity index (χ1n) is 7.00. The van der Waals surface area contributed by atoms with E-state index in [0.29, 0.717) is 5.56 Å². The number of carbonyl (C=O) groups is 1. The van der Waals surface area contributed by atoms with Crippen LogP contribution in [-0.2, 0) is 0 Å². The van der Waals surface area contributed by atoms with E-state index in [-0.39, 0.29) is 11.9 Å². The van der Waals surface area contributed by atoms with Crippen molar-refractivity contribution < 1.29 is 4.79 Å². The fourth-order valence-electron chi connectivity index (χ4n) is 2.16. The Morgan fingerprint density at radius 1 is 1.22 bits per heavy atom. The molecule has 1 amide bonds. The maximum Gasteiger partial charge on any atom is 0.253 e. The largest absolute Gasteiger partial charge is 0.345 e. The standard InChI is InChI=1S/C16H14BrN5O/c1-11(21-16(23)13-6-14(17)8-18-7-13)12-2-4-15(5-3-12)22-10-19-9-20-22/h2-11H,1H3,(H,21,23)/t11-/m1/s1. The maximum absolute atomic E-state index is 12.2. The quantitative estimate of drug-likeness (QED) is 0.765. The zero-order valence-electron chi connectivity index (χ0n) is 12.3. The summed E-state index contributed by atoms with van der Waals surface area (Å²) in [5.74, 6) is -0.161. The van der Waals surface area contributed by atoms with E-state index in [1.165, 1.54) is 6.33 Å². The second-order valence-corrected chi connectivity index (χ2v) is 5.93. The second kappa shape index (κ2) is 6.70. The van der Waals surface area contributed by atoms with Crippen LogP contribution in [0.5, 0.6) is 0 Å². The Morgan fingerprint density at radius 3 is 2.65 bits per heavy atom. The zero-order chi connectivity index (χ0) is 16.2. The van der Waals surface area contributed by atoms with Crippen molar-refractivity contribution in [3.05, 3.63) is 71.0 Å². The van der Waals surface area contributed by atoms with Gasteiger partial charge in [0.1, 0.15) is 12.7 Å². The van der Waals surface area contributed by atoms with Crippen molar-refractivity contribution in [1.29, 1.82) is 0 Å². The highest BCUT2D eigenvalue weighted by Gasteiger charge is 2.12. The first kappa shape index (κ1) is 15.4. The molecule has 0 bridgehead atoms. The molecule has 7 heteroatoms. The highest BCUT2D eigenvalue weighted by atomic mass is 79.9. The second-order valence-electron chi connectivity index (χ2n) is 5.02. The monoisotopic (exact) mass is 371 g/mol. The molecule has 2 heterocycles. The average molecular weight is 372 g/mol. The molecule has 0 aliphatic rings. The van der Waals surface area contributed by atoms with Gasteiger partial charge >= 0.3 is 0 Å². The summed E-state index contributed by atoms with van der Waals surface area (Å²) in [6.07, 6.45) is 6.31. The summed E-state index contributed by atoms with van der Waals surface area (Å²) in [6, 6.07) is 9.41. The fourth-order valence-corrected chi connectivity index (χ4v) is 2.52. The molecule has 0 fully saturated rings. The van der Waals surface area contributed by atoms with Crippen molar-refractivity contribution in [2.75, 3.05) is 0 Å². The SMILES string of the molecule is C[C@@H](NC(=O)c1cncc(Br)c1)c1ccc(-n2cncn2)cc1. The summed E-state index contributed by atoms with van der Waals surface area (Å²) < 4.78 is 2.45. The number of amides is 1. The van der Waals surface area contributed by atoms with Crippen molar-refractivity contribution in [1.82, 2.24) is 25.1 Å². The Kier molecular flexibility index (Phi) is 4.47. The van der Waals surface area contributed by atoms with E-state index in [4.69, 9.17) is 0 Å². The number of benzene rings is 1. The molecule has 3 aromatic rings. The van der Waals surface area contributed by atoms with Crippen LogP contribution >= 0.6 is 15.9 Å². The van der Waals surface area contributed by atoms with Gasteiger partial charge in [-0.1, -0.05) is 12.1 Å². The molecule has 6 nitrogen and oxygen atoms in total. The molecule has 0 radical (unpaired) electrons. The number of carbonyl (C=O) groups excluding carboxylic acids is 1. The Labute approximate surface area is 141 Å². The molecule has 0 saturated carbocycles. The lowest BCUT2D eigenvalue weighted by atomic mass is 10.1. The molecular weight excluding hydrogens is 358 g/mol. The summed E-state index contributed by atoms with van der Waals surface area (Å²) in [7, 11) is 0. The van der Waals surface area contributed by atoms with Crippen molar-refractivity contribution in [3.8, 4) is 5.69 Å². The molecule has 0 aliphatic carbocycles. The van der Waals surface area contributed by atoms with Crippen LogP contribution in [-0.4, -0.2) is 25.7 Å². The van der Waals surface area contributed by atoms with Crippen LogP contribution in [0.2, 0.25) is 0 Å². The van der Waals surface area contributed by atoms with Crippen molar-refractivity contribution >= 4 is 21.8 Å². The van der Waals surface area contributed by atoms with Crippen LogP contribution in [0.25, 0.3) is 5.69 Å². The van der Waals surface area contributed by atoms with Crippen molar-refractivity contribution in [3.63, 3.8) is 0 Å². The van der Waals surface area contributed by atoms with Crippen LogP contribution in [0, 0.1) is 0 Å². The van der Waals surface area contributed by atoms with Gasteiger partial charge in [0.15, 0.2) is 0 Å². The molecule has 1 N–H and O–H groups in total. The van der Waals surface area contributed by atoms with Gasteiger partial charge in [0.25, 0.3) is 5.91 Å². The number of rotatable bonds is 4. The van der Waals surface area contributed by atoms with Gasteiger partial charge in [0, 0.05) is 16.9 Å². The van der Waals surface area contributed by atoms with Crippen LogP contribution in [0.1, 0.15) is 28.9 Å². The van der Waals surface area contributed by atoms with Gasteiger partial charge in [0.05, 0.1) is 17.3 Å². The third kappa shape index (κ3) is 3.62. The number of pyridine rings is 1. The third-order valence-electron chi connectivity index (χ3n) is 3.39. The molecule has 0 saturated heterocycles. The van der Waals surface area contributed by atoms with Gasteiger partial charge in [-0.3, -0.25) is 9.78 Å². The van der Waals surface area contributed by atoms with Gasteiger partial charge in [-0.05, 0) is 46.6 Å². The smallest absolute Gasteiger partial charge is 0.253 e. The molecule has 0 spiro atoms. The van der Waals surface area contributed by atoms with Gasteiger partial charge in [0.2, 0.25) is 0 Å². The average Bonchev–Trinajstić information content (AvgIpc) is 3.09. The number of hydrogen-bond acceptors (Lipinski definition) is 4. The molecule has 0 aliphatic heterocycles.